The van der Waals surface area contributed by atoms with Crippen molar-refractivity contribution in [3.63, 3.8) is 0 Å². The van der Waals surface area contributed by atoms with Gasteiger partial charge < -0.3 is 4.90 Å². The molecule has 0 amide bonds. The van der Waals surface area contributed by atoms with Gasteiger partial charge in [-0.2, -0.15) is 0 Å². The minimum atomic E-state index is 0. The second-order valence-corrected chi connectivity index (χ2v) is 7.99. The number of halogens is 1. The van der Waals surface area contributed by atoms with Crippen LogP contribution < -0.4 is 0 Å². The van der Waals surface area contributed by atoms with E-state index < -0.39 is 0 Å². The Morgan fingerprint density at radius 1 is 0.929 bits per heavy atom. The standard InChI is InChI=1S/C23H24N2OS.ClH/c26-17-20(22-18-27-23-9-5-4-8-21(22)23)10-11-24-12-14-25(15-13-24)16-19-6-2-1-3-7-19;/h1-9,18H,10-16H2;1H. The number of carbonyl (C=O) groups excluding carboxylic acids is 1. The second kappa shape index (κ2) is 10.0. The van der Waals surface area contributed by atoms with Crippen molar-refractivity contribution in [2.45, 2.75) is 13.0 Å². The number of nitrogens with zero attached hydrogens (tertiary/aromatic N) is 2. The fourth-order valence-electron chi connectivity index (χ4n) is 3.73. The fraction of sp³-hybridized carbons (Fsp3) is 0.304. The van der Waals surface area contributed by atoms with Gasteiger partial charge in [0.1, 0.15) is 5.94 Å². The van der Waals surface area contributed by atoms with Crippen LogP contribution in [0.1, 0.15) is 17.5 Å². The van der Waals surface area contributed by atoms with Crippen molar-refractivity contribution >= 4 is 45.3 Å². The third-order valence-electron chi connectivity index (χ3n) is 5.32. The first kappa shape index (κ1) is 20.8. The zero-order valence-corrected chi connectivity index (χ0v) is 17.5. The summed E-state index contributed by atoms with van der Waals surface area (Å²) in [4.78, 5) is 16.6. The molecule has 0 aliphatic carbocycles. The van der Waals surface area contributed by atoms with Gasteiger partial charge in [0.2, 0.25) is 0 Å². The van der Waals surface area contributed by atoms with E-state index in [0.29, 0.717) is 0 Å². The van der Waals surface area contributed by atoms with E-state index in [9.17, 15) is 4.79 Å². The Morgan fingerprint density at radius 3 is 2.36 bits per heavy atom. The Morgan fingerprint density at radius 2 is 1.61 bits per heavy atom. The van der Waals surface area contributed by atoms with Gasteiger partial charge in [0, 0.05) is 65.9 Å². The summed E-state index contributed by atoms with van der Waals surface area (Å²) in [5.41, 5.74) is 3.24. The van der Waals surface area contributed by atoms with Crippen molar-refractivity contribution in [2.75, 3.05) is 32.7 Å². The first-order valence-electron chi connectivity index (χ1n) is 9.53. The summed E-state index contributed by atoms with van der Waals surface area (Å²) in [6, 6.07) is 18.9. The van der Waals surface area contributed by atoms with Crippen LogP contribution in [0.15, 0.2) is 60.0 Å². The molecule has 3 nitrogen and oxygen atoms in total. The quantitative estimate of drug-likeness (QED) is 0.546. The SMILES string of the molecule is Cl.O=C=C(CCN1CCN(Cc2ccccc2)CC1)c1csc2ccccc12. The van der Waals surface area contributed by atoms with Gasteiger partial charge in [-0.15, -0.1) is 23.7 Å². The zero-order chi connectivity index (χ0) is 18.5. The molecule has 1 aromatic heterocycles. The smallest absolute Gasteiger partial charge is 0.128 e. The van der Waals surface area contributed by atoms with Gasteiger partial charge in [0.05, 0.1) is 0 Å². The molecule has 0 saturated carbocycles. The molecule has 4 rings (SSSR count). The highest BCUT2D eigenvalue weighted by molar-refractivity contribution is 7.17. The van der Waals surface area contributed by atoms with Gasteiger partial charge in [0.25, 0.3) is 0 Å². The summed E-state index contributed by atoms with van der Waals surface area (Å²) in [5.74, 6) is 2.21. The summed E-state index contributed by atoms with van der Waals surface area (Å²) < 4.78 is 1.23. The molecular formula is C23H25ClN2OS. The van der Waals surface area contributed by atoms with Gasteiger partial charge in [-0.3, -0.25) is 4.90 Å². The largest absolute Gasteiger partial charge is 0.300 e. The lowest BCUT2D eigenvalue weighted by Gasteiger charge is -2.34. The molecule has 0 atom stereocenters. The monoisotopic (exact) mass is 412 g/mol. The second-order valence-electron chi connectivity index (χ2n) is 7.08. The molecular weight excluding hydrogens is 388 g/mol. The molecule has 5 heteroatoms. The summed E-state index contributed by atoms with van der Waals surface area (Å²) in [6.07, 6.45) is 0.767. The summed E-state index contributed by atoms with van der Waals surface area (Å²) in [6.45, 7) is 6.22. The maximum atomic E-state index is 11.6. The number of benzene rings is 2. The van der Waals surface area contributed by atoms with E-state index >= 15 is 0 Å². The average molecular weight is 413 g/mol. The highest BCUT2D eigenvalue weighted by atomic mass is 35.5. The van der Waals surface area contributed by atoms with Crippen LogP contribution in [-0.2, 0) is 11.3 Å². The molecule has 3 aromatic rings. The molecule has 0 radical (unpaired) electrons. The van der Waals surface area contributed by atoms with Crippen molar-refractivity contribution in [1.82, 2.24) is 9.80 Å². The van der Waals surface area contributed by atoms with E-state index in [0.717, 1.165) is 56.8 Å². The third kappa shape index (κ3) is 4.91. The Balaban J connectivity index is 0.00000225. The van der Waals surface area contributed by atoms with Crippen molar-refractivity contribution in [1.29, 1.82) is 0 Å². The molecule has 0 unspecified atom stereocenters. The van der Waals surface area contributed by atoms with Gasteiger partial charge in [-0.25, -0.2) is 4.79 Å². The topological polar surface area (TPSA) is 23.6 Å². The van der Waals surface area contributed by atoms with Crippen LogP contribution in [0.4, 0.5) is 0 Å². The van der Waals surface area contributed by atoms with Crippen LogP contribution in [-0.4, -0.2) is 48.5 Å². The van der Waals surface area contributed by atoms with Gasteiger partial charge in [-0.05, 0) is 18.1 Å². The third-order valence-corrected chi connectivity index (χ3v) is 6.28. The predicted octanol–water partition coefficient (Wildman–Crippen LogP) is 4.75. The van der Waals surface area contributed by atoms with Gasteiger partial charge in [-0.1, -0.05) is 48.5 Å². The fourth-order valence-corrected chi connectivity index (χ4v) is 4.71. The lowest BCUT2D eigenvalue weighted by molar-refractivity contribution is 0.129. The molecule has 28 heavy (non-hydrogen) atoms. The van der Waals surface area contributed by atoms with Crippen LogP contribution in [0, 0.1) is 0 Å². The molecule has 1 aliphatic rings. The number of thiophene rings is 1. The van der Waals surface area contributed by atoms with Crippen molar-refractivity contribution in [2.24, 2.45) is 0 Å². The van der Waals surface area contributed by atoms with Crippen LogP contribution in [0.2, 0.25) is 0 Å². The molecule has 1 saturated heterocycles. The Labute approximate surface area is 176 Å². The van der Waals surface area contributed by atoms with E-state index in [-0.39, 0.29) is 12.4 Å². The van der Waals surface area contributed by atoms with Gasteiger partial charge >= 0.3 is 0 Å². The highest BCUT2D eigenvalue weighted by Crippen LogP contribution is 2.31. The van der Waals surface area contributed by atoms with Gasteiger partial charge in [0.15, 0.2) is 0 Å². The lowest BCUT2D eigenvalue weighted by atomic mass is 10.0. The molecule has 0 N–H and O–H groups in total. The summed E-state index contributed by atoms with van der Waals surface area (Å²) in [7, 11) is 0. The Bertz CT molecular complexity index is 941. The van der Waals surface area contributed by atoms with Crippen LogP contribution in [0.25, 0.3) is 15.7 Å². The lowest BCUT2D eigenvalue weighted by Crippen LogP contribution is -2.46. The van der Waals surface area contributed by atoms with E-state index in [1.165, 1.54) is 15.6 Å². The zero-order valence-electron chi connectivity index (χ0n) is 15.8. The number of hydrogen-bond donors (Lipinski definition) is 0. The first-order chi connectivity index (χ1) is 13.3. The van der Waals surface area contributed by atoms with E-state index in [1.807, 2.05) is 12.1 Å². The first-order valence-corrected chi connectivity index (χ1v) is 10.4. The maximum absolute atomic E-state index is 11.6. The molecule has 2 heterocycles. The number of rotatable bonds is 6. The average Bonchev–Trinajstić information content (AvgIpc) is 3.15. The number of fused-ring (bicyclic) bond motifs is 1. The van der Waals surface area contributed by atoms with Crippen molar-refractivity contribution in [3.05, 3.63) is 71.1 Å². The maximum Gasteiger partial charge on any atom is 0.128 e. The molecule has 1 aliphatic heterocycles. The molecule has 146 valence electrons. The predicted molar refractivity (Wildman–Crippen MR) is 121 cm³/mol. The Kier molecular flexibility index (Phi) is 7.43. The number of hydrogen-bond acceptors (Lipinski definition) is 4. The molecule has 0 spiro atoms. The summed E-state index contributed by atoms with van der Waals surface area (Å²) in [5, 5.41) is 3.27. The van der Waals surface area contributed by atoms with Crippen LogP contribution in [0.5, 0.6) is 0 Å². The van der Waals surface area contributed by atoms with E-state index in [2.05, 4.69) is 63.6 Å². The van der Waals surface area contributed by atoms with Crippen molar-refractivity contribution < 1.29 is 4.79 Å². The van der Waals surface area contributed by atoms with Crippen LogP contribution in [0.3, 0.4) is 0 Å². The summed E-state index contributed by atoms with van der Waals surface area (Å²) >= 11 is 1.70. The van der Waals surface area contributed by atoms with E-state index in [4.69, 9.17) is 0 Å². The number of piperazine rings is 1. The minimum Gasteiger partial charge on any atom is -0.300 e. The Hall–Kier alpha value is -1.94. The highest BCUT2D eigenvalue weighted by Gasteiger charge is 2.18. The van der Waals surface area contributed by atoms with E-state index in [1.54, 1.807) is 11.3 Å². The molecule has 2 aromatic carbocycles. The van der Waals surface area contributed by atoms with Crippen LogP contribution >= 0.6 is 23.7 Å². The van der Waals surface area contributed by atoms with Crippen molar-refractivity contribution in [3.8, 4) is 0 Å². The minimum absolute atomic E-state index is 0. The molecule has 0 bridgehead atoms. The normalized spacial score (nSPS) is 15.1. The molecule has 1 fully saturated rings.